The lowest BCUT2D eigenvalue weighted by molar-refractivity contribution is -0.0603. The Kier molecular flexibility index (Phi) is 6.97. The molecule has 0 saturated carbocycles. The third-order valence-corrected chi connectivity index (χ3v) is 12.1. The normalized spacial score (nSPS) is 27.7. The highest BCUT2D eigenvalue weighted by molar-refractivity contribution is 6.77. The Hall–Kier alpha value is -1.70. The molecule has 0 radical (unpaired) electrons. The van der Waals surface area contributed by atoms with Gasteiger partial charge in [0, 0.05) is 6.20 Å². The van der Waals surface area contributed by atoms with Gasteiger partial charge in [-0.05, 0) is 22.7 Å². The van der Waals surface area contributed by atoms with Crippen molar-refractivity contribution in [3.8, 4) is 12.3 Å². The zero-order valence-electron chi connectivity index (χ0n) is 18.0. The van der Waals surface area contributed by atoms with E-state index in [0.29, 0.717) is 16.6 Å². The molecule has 0 unspecified atom stereocenters. The average molecular weight is 424 g/mol. The molecule has 162 valence electrons. The SMILES string of the molecule is C#C[C@@]1(O)[C@@H](CO[Si](C(C)C)(C(C)C)C(C)C)O[C@@H](n2ccc(N)nc2=O)[C@@H]1O. The highest BCUT2D eigenvalue weighted by atomic mass is 28.4. The number of nitrogen functional groups attached to an aromatic ring is 1. The quantitative estimate of drug-likeness (QED) is 0.450. The molecule has 2 heterocycles. The molecule has 0 aromatic carbocycles. The summed E-state index contributed by atoms with van der Waals surface area (Å²) in [4.78, 5) is 15.8. The molecular formula is C20H33N3O5Si. The number of ether oxygens (including phenoxy) is 1. The van der Waals surface area contributed by atoms with E-state index in [1.807, 2.05) is 0 Å². The van der Waals surface area contributed by atoms with Gasteiger partial charge in [-0.1, -0.05) is 47.5 Å². The van der Waals surface area contributed by atoms with E-state index in [4.69, 9.17) is 21.3 Å². The van der Waals surface area contributed by atoms with Gasteiger partial charge in [0.2, 0.25) is 0 Å². The summed E-state index contributed by atoms with van der Waals surface area (Å²) in [6.45, 7) is 12.9. The standard InChI is InChI=1S/C20H33N3O5Si/c1-8-20(26)15(11-27-29(12(2)3,13(4)5)14(6)7)28-18(17(20)24)23-10-9-16(21)22-19(23)25/h1,9-10,12-15,17-18,24,26H,11H2,2-7H3,(H2,21,22,25)/t15-,17+,18-,20-/m1/s1. The molecule has 29 heavy (non-hydrogen) atoms. The first-order valence-electron chi connectivity index (χ1n) is 9.94. The Bertz CT molecular complexity index is 797. The van der Waals surface area contributed by atoms with E-state index in [1.54, 1.807) is 0 Å². The van der Waals surface area contributed by atoms with Crippen molar-refractivity contribution in [2.45, 2.75) is 82.2 Å². The van der Waals surface area contributed by atoms with Crippen molar-refractivity contribution in [2.24, 2.45) is 0 Å². The van der Waals surface area contributed by atoms with Crippen LogP contribution in [-0.4, -0.2) is 52.5 Å². The molecule has 1 saturated heterocycles. The predicted octanol–water partition coefficient (Wildman–Crippen LogP) is 1.64. The summed E-state index contributed by atoms with van der Waals surface area (Å²) < 4.78 is 13.4. The smallest absolute Gasteiger partial charge is 0.351 e. The van der Waals surface area contributed by atoms with Crippen molar-refractivity contribution in [3.05, 3.63) is 22.7 Å². The first-order chi connectivity index (χ1) is 13.4. The van der Waals surface area contributed by atoms with Crippen molar-refractivity contribution >= 4 is 14.1 Å². The van der Waals surface area contributed by atoms with Gasteiger partial charge in [-0.2, -0.15) is 4.98 Å². The Morgan fingerprint density at radius 3 is 2.34 bits per heavy atom. The maximum absolute atomic E-state index is 12.2. The van der Waals surface area contributed by atoms with E-state index < -0.39 is 38.0 Å². The van der Waals surface area contributed by atoms with Gasteiger partial charge < -0.3 is 25.1 Å². The summed E-state index contributed by atoms with van der Waals surface area (Å²) in [5.74, 6) is 2.30. The van der Waals surface area contributed by atoms with Gasteiger partial charge in [0.25, 0.3) is 0 Å². The zero-order valence-corrected chi connectivity index (χ0v) is 19.0. The van der Waals surface area contributed by atoms with Crippen LogP contribution in [0.1, 0.15) is 47.8 Å². The Morgan fingerprint density at radius 1 is 1.34 bits per heavy atom. The van der Waals surface area contributed by atoms with Crippen molar-refractivity contribution in [3.63, 3.8) is 0 Å². The number of anilines is 1. The number of hydrogen-bond donors (Lipinski definition) is 3. The Balaban J connectivity index is 2.35. The van der Waals surface area contributed by atoms with E-state index in [2.05, 4.69) is 52.4 Å². The number of nitrogens with two attached hydrogens (primary N) is 1. The minimum absolute atomic E-state index is 0.0200. The molecule has 0 amide bonds. The molecule has 0 bridgehead atoms. The lowest BCUT2D eigenvalue weighted by atomic mass is 9.93. The maximum atomic E-state index is 12.2. The maximum Gasteiger partial charge on any atom is 0.351 e. The van der Waals surface area contributed by atoms with E-state index >= 15 is 0 Å². The highest BCUT2D eigenvalue weighted by Gasteiger charge is 2.57. The molecule has 0 aliphatic carbocycles. The van der Waals surface area contributed by atoms with Crippen LogP contribution in [0.15, 0.2) is 17.1 Å². The third-order valence-electron chi connectivity index (χ3n) is 6.06. The van der Waals surface area contributed by atoms with Gasteiger partial charge >= 0.3 is 5.69 Å². The van der Waals surface area contributed by atoms with Crippen LogP contribution in [0.3, 0.4) is 0 Å². The van der Waals surface area contributed by atoms with Gasteiger partial charge in [0.1, 0.15) is 18.0 Å². The topological polar surface area (TPSA) is 120 Å². The van der Waals surface area contributed by atoms with Crippen LogP contribution in [0.5, 0.6) is 0 Å². The van der Waals surface area contributed by atoms with Crippen LogP contribution >= 0.6 is 0 Å². The monoisotopic (exact) mass is 423 g/mol. The van der Waals surface area contributed by atoms with E-state index in [1.165, 1.54) is 12.3 Å². The van der Waals surface area contributed by atoms with E-state index in [9.17, 15) is 15.0 Å². The summed E-state index contributed by atoms with van der Waals surface area (Å²) in [5, 5.41) is 21.7. The number of terminal acetylenes is 1. The summed E-state index contributed by atoms with van der Waals surface area (Å²) >= 11 is 0. The van der Waals surface area contributed by atoms with Crippen LogP contribution in [-0.2, 0) is 9.16 Å². The highest BCUT2D eigenvalue weighted by Crippen LogP contribution is 2.44. The minimum Gasteiger partial charge on any atom is -0.413 e. The Labute approximate surface area is 173 Å². The molecule has 1 aromatic heterocycles. The van der Waals surface area contributed by atoms with E-state index in [-0.39, 0.29) is 12.4 Å². The fourth-order valence-corrected chi connectivity index (χ4v) is 10.1. The second-order valence-corrected chi connectivity index (χ2v) is 14.1. The molecule has 1 aliphatic rings. The van der Waals surface area contributed by atoms with Crippen molar-refractivity contribution in [2.75, 3.05) is 12.3 Å². The number of aliphatic hydroxyl groups excluding tert-OH is 1. The number of aromatic nitrogens is 2. The summed E-state index contributed by atoms with van der Waals surface area (Å²) in [7, 11) is -2.25. The predicted molar refractivity (Wildman–Crippen MR) is 114 cm³/mol. The van der Waals surface area contributed by atoms with Crippen molar-refractivity contribution < 1.29 is 19.4 Å². The van der Waals surface area contributed by atoms with Gasteiger partial charge in [-0.15, -0.1) is 6.42 Å². The molecule has 9 heteroatoms. The van der Waals surface area contributed by atoms with Crippen LogP contribution in [0.25, 0.3) is 0 Å². The van der Waals surface area contributed by atoms with Crippen molar-refractivity contribution in [1.82, 2.24) is 9.55 Å². The second-order valence-electron chi connectivity index (χ2n) is 8.60. The molecular weight excluding hydrogens is 390 g/mol. The van der Waals surface area contributed by atoms with Crippen LogP contribution in [0, 0.1) is 12.3 Å². The third kappa shape index (κ3) is 4.00. The summed E-state index contributed by atoms with van der Waals surface area (Å²) in [5.41, 5.74) is 3.80. The number of aliphatic hydroxyl groups is 2. The van der Waals surface area contributed by atoms with Gasteiger partial charge in [-0.3, -0.25) is 4.57 Å². The fourth-order valence-electron chi connectivity index (χ4n) is 4.66. The Morgan fingerprint density at radius 2 is 1.90 bits per heavy atom. The summed E-state index contributed by atoms with van der Waals surface area (Å²) in [6.07, 6.45) is 3.19. The molecule has 1 aromatic rings. The molecule has 0 spiro atoms. The molecule has 4 N–H and O–H groups in total. The average Bonchev–Trinajstić information content (AvgIpc) is 2.87. The van der Waals surface area contributed by atoms with Crippen LogP contribution in [0.2, 0.25) is 16.6 Å². The van der Waals surface area contributed by atoms with E-state index in [0.717, 1.165) is 4.57 Å². The van der Waals surface area contributed by atoms with Crippen LogP contribution in [0.4, 0.5) is 5.82 Å². The van der Waals surface area contributed by atoms with Crippen molar-refractivity contribution in [1.29, 1.82) is 0 Å². The second kappa shape index (κ2) is 8.58. The molecule has 1 fully saturated rings. The first-order valence-corrected chi connectivity index (χ1v) is 12.1. The molecule has 1 aliphatic heterocycles. The molecule has 8 nitrogen and oxygen atoms in total. The largest absolute Gasteiger partial charge is 0.413 e. The number of nitrogens with zero attached hydrogens (tertiary/aromatic N) is 2. The number of rotatable bonds is 7. The molecule has 4 atom stereocenters. The number of hydrogen-bond acceptors (Lipinski definition) is 7. The lowest BCUT2D eigenvalue weighted by Gasteiger charge is -2.43. The van der Waals surface area contributed by atoms with Gasteiger partial charge in [0.05, 0.1) is 6.61 Å². The summed E-state index contributed by atoms with van der Waals surface area (Å²) in [6, 6.07) is 1.41. The first kappa shape index (κ1) is 23.6. The molecule has 2 rings (SSSR count). The zero-order chi connectivity index (χ0) is 22.1. The lowest BCUT2D eigenvalue weighted by Crippen LogP contribution is -2.53. The van der Waals surface area contributed by atoms with Gasteiger partial charge in [0.15, 0.2) is 20.1 Å². The minimum atomic E-state index is -2.25. The van der Waals surface area contributed by atoms with Crippen LogP contribution < -0.4 is 11.4 Å². The fraction of sp³-hybridized carbons (Fsp3) is 0.700. The van der Waals surface area contributed by atoms with Gasteiger partial charge in [-0.25, -0.2) is 4.79 Å².